The van der Waals surface area contributed by atoms with Gasteiger partial charge in [0.05, 0.1) is 12.2 Å². The van der Waals surface area contributed by atoms with Gasteiger partial charge in [0.15, 0.2) is 0 Å². The highest BCUT2D eigenvalue weighted by molar-refractivity contribution is 5.44. The van der Waals surface area contributed by atoms with Crippen LogP contribution in [0, 0.1) is 19.8 Å². The molecule has 1 fully saturated rings. The van der Waals surface area contributed by atoms with Crippen LogP contribution >= 0.6 is 0 Å². The molecule has 4 nitrogen and oxygen atoms in total. The Hall–Kier alpha value is -1.32. The molecule has 1 saturated carbocycles. The van der Waals surface area contributed by atoms with E-state index in [9.17, 15) is 0 Å². The first kappa shape index (κ1) is 10.2. The Kier molecular flexibility index (Phi) is 2.75. The Balaban J connectivity index is 1.98. The lowest BCUT2D eigenvalue weighted by atomic mass is 10.3. The number of nitrogens with two attached hydrogens (primary N) is 1. The van der Waals surface area contributed by atoms with Crippen LogP contribution in [0.15, 0.2) is 0 Å². The van der Waals surface area contributed by atoms with Crippen molar-refractivity contribution in [2.45, 2.75) is 33.1 Å². The third-order valence-corrected chi connectivity index (χ3v) is 2.71. The van der Waals surface area contributed by atoms with E-state index in [1.807, 2.05) is 13.8 Å². The van der Waals surface area contributed by atoms with Crippen molar-refractivity contribution in [2.75, 3.05) is 12.3 Å². The average Bonchev–Trinajstić information content (AvgIpc) is 2.97. The topological polar surface area (TPSA) is 61.0 Å². The minimum atomic E-state index is 0.518. The highest BCUT2D eigenvalue weighted by atomic mass is 16.5. The third-order valence-electron chi connectivity index (χ3n) is 2.71. The summed E-state index contributed by atoms with van der Waals surface area (Å²) in [4.78, 5) is 8.31. The van der Waals surface area contributed by atoms with Gasteiger partial charge in [0, 0.05) is 0 Å². The van der Waals surface area contributed by atoms with Crippen LogP contribution in [-0.2, 0) is 0 Å². The van der Waals surface area contributed by atoms with Gasteiger partial charge < -0.3 is 10.5 Å². The number of aromatic nitrogens is 2. The lowest BCUT2D eigenvalue weighted by molar-refractivity contribution is 0.288. The first-order valence-electron chi connectivity index (χ1n) is 5.40. The van der Waals surface area contributed by atoms with Gasteiger partial charge in [-0.05, 0) is 26.2 Å². The molecule has 0 saturated heterocycles. The van der Waals surface area contributed by atoms with Crippen molar-refractivity contribution in [1.29, 1.82) is 0 Å². The summed E-state index contributed by atoms with van der Waals surface area (Å²) >= 11 is 0. The molecule has 1 aromatic heterocycles. The van der Waals surface area contributed by atoms with Gasteiger partial charge >= 0.3 is 0 Å². The highest BCUT2D eigenvalue weighted by Crippen LogP contribution is 2.32. The zero-order valence-corrected chi connectivity index (χ0v) is 9.29. The maximum absolute atomic E-state index is 5.73. The Morgan fingerprint density at radius 3 is 2.73 bits per heavy atom. The number of nitrogen functional groups attached to an aromatic ring is 1. The van der Waals surface area contributed by atoms with Gasteiger partial charge in [-0.15, -0.1) is 0 Å². The standard InChI is InChI=1S/C11H17N3O/c1-7-10(12)13-8(2)14-11(7)15-6-5-9-3-4-9/h9H,3-6H2,1-2H3,(H2,12,13,14). The van der Waals surface area contributed by atoms with Crippen LogP contribution in [0.25, 0.3) is 0 Å². The summed E-state index contributed by atoms with van der Waals surface area (Å²) in [5.41, 5.74) is 6.58. The Morgan fingerprint density at radius 1 is 1.33 bits per heavy atom. The van der Waals surface area contributed by atoms with Gasteiger partial charge in [-0.2, -0.15) is 4.98 Å². The van der Waals surface area contributed by atoms with Crippen LogP contribution in [0.5, 0.6) is 5.88 Å². The predicted octanol–water partition coefficient (Wildman–Crippen LogP) is 1.85. The smallest absolute Gasteiger partial charge is 0.221 e. The number of ether oxygens (including phenoxy) is 1. The summed E-state index contributed by atoms with van der Waals surface area (Å²) < 4.78 is 5.62. The Morgan fingerprint density at radius 2 is 2.07 bits per heavy atom. The average molecular weight is 207 g/mol. The van der Waals surface area contributed by atoms with Crippen LogP contribution in [0.1, 0.15) is 30.7 Å². The van der Waals surface area contributed by atoms with E-state index in [1.165, 1.54) is 12.8 Å². The van der Waals surface area contributed by atoms with Crippen LogP contribution in [-0.4, -0.2) is 16.6 Å². The van der Waals surface area contributed by atoms with Crippen molar-refractivity contribution in [3.8, 4) is 5.88 Å². The van der Waals surface area contributed by atoms with Crippen LogP contribution in [0.4, 0.5) is 5.82 Å². The molecule has 1 aromatic rings. The van der Waals surface area contributed by atoms with Gasteiger partial charge in [0.1, 0.15) is 11.6 Å². The molecule has 0 spiro atoms. The molecule has 2 rings (SSSR count). The van der Waals surface area contributed by atoms with E-state index in [1.54, 1.807) is 0 Å². The lowest BCUT2D eigenvalue weighted by Crippen LogP contribution is -2.06. The van der Waals surface area contributed by atoms with E-state index in [-0.39, 0.29) is 0 Å². The maximum atomic E-state index is 5.73. The SMILES string of the molecule is Cc1nc(N)c(C)c(OCCC2CC2)n1. The summed E-state index contributed by atoms with van der Waals surface area (Å²) in [6.07, 6.45) is 3.84. The molecule has 4 heteroatoms. The van der Waals surface area contributed by atoms with Gasteiger partial charge in [0.25, 0.3) is 0 Å². The van der Waals surface area contributed by atoms with E-state index < -0.39 is 0 Å². The van der Waals surface area contributed by atoms with E-state index in [0.717, 1.165) is 24.5 Å². The largest absolute Gasteiger partial charge is 0.477 e. The summed E-state index contributed by atoms with van der Waals surface area (Å²) in [6.45, 7) is 4.45. The second kappa shape index (κ2) is 4.04. The number of hydrogen-bond acceptors (Lipinski definition) is 4. The van der Waals surface area contributed by atoms with E-state index in [2.05, 4.69) is 9.97 Å². The molecular weight excluding hydrogens is 190 g/mol. The zero-order chi connectivity index (χ0) is 10.8. The molecule has 0 unspecified atom stereocenters. The number of anilines is 1. The maximum Gasteiger partial charge on any atom is 0.221 e. The molecule has 1 aliphatic rings. The molecule has 82 valence electrons. The van der Waals surface area contributed by atoms with Gasteiger partial charge in [-0.25, -0.2) is 4.98 Å². The van der Waals surface area contributed by atoms with Crippen LogP contribution < -0.4 is 10.5 Å². The number of hydrogen-bond donors (Lipinski definition) is 1. The fourth-order valence-corrected chi connectivity index (χ4v) is 1.49. The minimum Gasteiger partial charge on any atom is -0.477 e. The molecule has 1 heterocycles. The highest BCUT2D eigenvalue weighted by Gasteiger charge is 2.21. The summed E-state index contributed by atoms with van der Waals surface area (Å²) in [5.74, 6) is 2.70. The number of rotatable bonds is 4. The minimum absolute atomic E-state index is 0.518. The molecule has 0 bridgehead atoms. The quantitative estimate of drug-likeness (QED) is 0.818. The van der Waals surface area contributed by atoms with Crippen LogP contribution in [0.3, 0.4) is 0 Å². The predicted molar refractivity (Wildman–Crippen MR) is 58.8 cm³/mol. The molecular formula is C11H17N3O. The Bertz CT molecular complexity index is 361. The van der Waals surface area contributed by atoms with E-state index >= 15 is 0 Å². The van der Waals surface area contributed by atoms with Crippen LogP contribution in [0.2, 0.25) is 0 Å². The molecule has 1 aliphatic carbocycles. The molecule has 0 radical (unpaired) electrons. The van der Waals surface area contributed by atoms with Crippen molar-refractivity contribution in [3.05, 3.63) is 11.4 Å². The van der Waals surface area contributed by atoms with E-state index in [4.69, 9.17) is 10.5 Å². The van der Waals surface area contributed by atoms with Crippen molar-refractivity contribution < 1.29 is 4.74 Å². The summed E-state index contributed by atoms with van der Waals surface area (Å²) in [5, 5.41) is 0. The summed E-state index contributed by atoms with van der Waals surface area (Å²) in [7, 11) is 0. The van der Waals surface area contributed by atoms with E-state index in [0.29, 0.717) is 17.5 Å². The molecule has 15 heavy (non-hydrogen) atoms. The normalized spacial score (nSPS) is 15.3. The fraction of sp³-hybridized carbons (Fsp3) is 0.636. The van der Waals surface area contributed by atoms with Gasteiger partial charge in [0.2, 0.25) is 5.88 Å². The molecule has 0 amide bonds. The second-order valence-corrected chi connectivity index (χ2v) is 4.17. The monoisotopic (exact) mass is 207 g/mol. The van der Waals surface area contributed by atoms with Crippen molar-refractivity contribution >= 4 is 5.82 Å². The number of aryl methyl sites for hydroxylation is 1. The molecule has 0 atom stereocenters. The second-order valence-electron chi connectivity index (χ2n) is 4.17. The first-order valence-corrected chi connectivity index (χ1v) is 5.40. The fourth-order valence-electron chi connectivity index (χ4n) is 1.49. The van der Waals surface area contributed by atoms with Gasteiger partial charge in [-0.3, -0.25) is 0 Å². The Labute approximate surface area is 89.9 Å². The van der Waals surface area contributed by atoms with Crippen molar-refractivity contribution in [1.82, 2.24) is 9.97 Å². The summed E-state index contributed by atoms with van der Waals surface area (Å²) in [6, 6.07) is 0. The zero-order valence-electron chi connectivity index (χ0n) is 9.29. The van der Waals surface area contributed by atoms with Gasteiger partial charge in [-0.1, -0.05) is 12.8 Å². The third kappa shape index (κ3) is 2.58. The molecule has 0 aliphatic heterocycles. The van der Waals surface area contributed by atoms with Crippen molar-refractivity contribution in [3.63, 3.8) is 0 Å². The van der Waals surface area contributed by atoms with Crippen molar-refractivity contribution in [2.24, 2.45) is 5.92 Å². The molecule has 0 aromatic carbocycles. The number of nitrogens with zero attached hydrogens (tertiary/aromatic N) is 2. The molecule has 2 N–H and O–H groups in total. The first-order chi connectivity index (χ1) is 7.16. The lowest BCUT2D eigenvalue weighted by Gasteiger charge is -2.09.